The largest absolute Gasteiger partial charge is 0.351 e. The lowest BCUT2D eigenvalue weighted by Crippen LogP contribution is -2.20. The van der Waals surface area contributed by atoms with E-state index >= 15 is 0 Å². The van der Waals surface area contributed by atoms with Crippen molar-refractivity contribution < 1.29 is 0 Å². The summed E-state index contributed by atoms with van der Waals surface area (Å²) in [4.78, 5) is 8.37. The third kappa shape index (κ3) is 1.76. The molecule has 3 rings (SSSR count). The van der Waals surface area contributed by atoms with E-state index in [4.69, 9.17) is 0 Å². The lowest BCUT2D eigenvalue weighted by molar-refractivity contribution is 0.761. The van der Waals surface area contributed by atoms with Crippen LogP contribution in [0.1, 0.15) is 11.1 Å². The first kappa shape index (κ1) is 9.33. The minimum absolute atomic E-state index is 0.430. The van der Waals surface area contributed by atoms with Crippen molar-refractivity contribution in [2.45, 2.75) is 18.9 Å². The number of hydrogen-bond acceptors (Lipinski definition) is 3. The quantitative estimate of drug-likeness (QED) is 0.826. The molecular formula is C13H13N3. The molecule has 0 amide bonds. The zero-order valence-corrected chi connectivity index (χ0v) is 8.93. The van der Waals surface area contributed by atoms with Gasteiger partial charge in [0.2, 0.25) is 5.95 Å². The maximum Gasteiger partial charge on any atom is 0.222 e. The summed E-state index contributed by atoms with van der Waals surface area (Å²) >= 11 is 0. The summed E-state index contributed by atoms with van der Waals surface area (Å²) in [6, 6.07) is 10.8. The molecule has 0 radical (unpaired) electrons. The number of aromatic nitrogens is 2. The summed E-state index contributed by atoms with van der Waals surface area (Å²) in [6.45, 7) is 0. The Morgan fingerprint density at radius 1 is 0.938 bits per heavy atom. The van der Waals surface area contributed by atoms with E-state index in [0.29, 0.717) is 6.04 Å². The molecule has 0 unspecified atom stereocenters. The SMILES string of the molecule is c1cnc(NC2Cc3ccccc3C2)nc1. The molecule has 1 aliphatic carbocycles. The normalized spacial score (nSPS) is 14.8. The molecule has 0 spiro atoms. The number of fused-ring (bicyclic) bond motifs is 1. The number of hydrogen-bond donors (Lipinski definition) is 1. The first-order valence-corrected chi connectivity index (χ1v) is 5.52. The van der Waals surface area contributed by atoms with Gasteiger partial charge in [-0.3, -0.25) is 0 Å². The van der Waals surface area contributed by atoms with Crippen LogP contribution in [0.25, 0.3) is 0 Å². The van der Waals surface area contributed by atoms with Crippen LogP contribution in [-0.4, -0.2) is 16.0 Å². The highest BCUT2D eigenvalue weighted by molar-refractivity contribution is 5.37. The molecule has 1 N–H and O–H groups in total. The van der Waals surface area contributed by atoms with Crippen molar-refractivity contribution in [3.05, 3.63) is 53.9 Å². The van der Waals surface area contributed by atoms with Crippen LogP contribution >= 0.6 is 0 Å². The molecule has 0 bridgehead atoms. The first-order chi connectivity index (χ1) is 7.92. The Labute approximate surface area is 94.6 Å². The lowest BCUT2D eigenvalue weighted by atomic mass is 10.1. The van der Waals surface area contributed by atoms with Gasteiger partial charge in [0.05, 0.1) is 0 Å². The fourth-order valence-corrected chi connectivity index (χ4v) is 2.22. The van der Waals surface area contributed by atoms with E-state index in [2.05, 4.69) is 39.6 Å². The van der Waals surface area contributed by atoms with Crippen LogP contribution in [-0.2, 0) is 12.8 Å². The molecule has 1 heterocycles. The van der Waals surface area contributed by atoms with Crippen molar-refractivity contribution in [3.63, 3.8) is 0 Å². The van der Waals surface area contributed by atoms with Crippen molar-refractivity contribution in [2.24, 2.45) is 0 Å². The van der Waals surface area contributed by atoms with Crippen LogP contribution in [0.4, 0.5) is 5.95 Å². The van der Waals surface area contributed by atoms with Crippen LogP contribution in [0, 0.1) is 0 Å². The zero-order valence-electron chi connectivity index (χ0n) is 8.93. The maximum absolute atomic E-state index is 4.18. The van der Waals surface area contributed by atoms with Crippen molar-refractivity contribution in [2.75, 3.05) is 5.32 Å². The summed E-state index contributed by atoms with van der Waals surface area (Å²) in [5, 5.41) is 3.37. The van der Waals surface area contributed by atoms with E-state index in [9.17, 15) is 0 Å². The van der Waals surface area contributed by atoms with E-state index in [1.807, 2.05) is 6.07 Å². The topological polar surface area (TPSA) is 37.8 Å². The van der Waals surface area contributed by atoms with Crippen molar-refractivity contribution in [1.82, 2.24) is 9.97 Å². The van der Waals surface area contributed by atoms with Crippen molar-refractivity contribution in [3.8, 4) is 0 Å². The van der Waals surface area contributed by atoms with E-state index < -0.39 is 0 Å². The Morgan fingerprint density at radius 2 is 1.56 bits per heavy atom. The fraction of sp³-hybridized carbons (Fsp3) is 0.231. The van der Waals surface area contributed by atoms with Crippen LogP contribution in [0.15, 0.2) is 42.7 Å². The van der Waals surface area contributed by atoms with Gasteiger partial charge in [-0.05, 0) is 30.0 Å². The minimum atomic E-state index is 0.430. The highest BCUT2D eigenvalue weighted by Gasteiger charge is 2.20. The van der Waals surface area contributed by atoms with Gasteiger partial charge in [-0.15, -0.1) is 0 Å². The van der Waals surface area contributed by atoms with Gasteiger partial charge in [-0.2, -0.15) is 0 Å². The van der Waals surface area contributed by atoms with E-state index in [1.54, 1.807) is 12.4 Å². The van der Waals surface area contributed by atoms with Gasteiger partial charge < -0.3 is 5.32 Å². The smallest absolute Gasteiger partial charge is 0.222 e. The standard InChI is InChI=1S/C13H13N3/c1-2-5-11-9-12(8-10(11)4-1)16-13-14-6-3-7-15-13/h1-7,12H,8-9H2,(H,14,15,16). The molecule has 3 nitrogen and oxygen atoms in total. The lowest BCUT2D eigenvalue weighted by Gasteiger charge is -2.10. The van der Waals surface area contributed by atoms with E-state index in [-0.39, 0.29) is 0 Å². The van der Waals surface area contributed by atoms with Crippen LogP contribution < -0.4 is 5.32 Å². The van der Waals surface area contributed by atoms with Crippen molar-refractivity contribution in [1.29, 1.82) is 0 Å². The Kier molecular flexibility index (Phi) is 2.29. The maximum atomic E-state index is 4.18. The van der Waals surface area contributed by atoms with Gasteiger partial charge in [0.15, 0.2) is 0 Å². The zero-order chi connectivity index (χ0) is 10.8. The van der Waals surface area contributed by atoms with Gasteiger partial charge in [0, 0.05) is 18.4 Å². The molecule has 1 aromatic carbocycles. The molecule has 0 saturated heterocycles. The van der Waals surface area contributed by atoms with E-state index in [1.165, 1.54) is 11.1 Å². The van der Waals surface area contributed by atoms with Crippen LogP contribution in [0.5, 0.6) is 0 Å². The summed E-state index contributed by atoms with van der Waals surface area (Å²) in [5.74, 6) is 0.723. The first-order valence-electron chi connectivity index (χ1n) is 5.52. The van der Waals surface area contributed by atoms with Gasteiger partial charge in [0.25, 0.3) is 0 Å². The number of anilines is 1. The van der Waals surface area contributed by atoms with Crippen LogP contribution in [0.3, 0.4) is 0 Å². The second-order valence-corrected chi connectivity index (χ2v) is 4.09. The van der Waals surface area contributed by atoms with E-state index in [0.717, 1.165) is 18.8 Å². The van der Waals surface area contributed by atoms with Gasteiger partial charge in [0.1, 0.15) is 0 Å². The Hall–Kier alpha value is -1.90. The highest BCUT2D eigenvalue weighted by atomic mass is 15.1. The molecule has 3 heteroatoms. The third-order valence-electron chi connectivity index (χ3n) is 2.95. The number of nitrogens with zero attached hydrogens (tertiary/aromatic N) is 2. The highest BCUT2D eigenvalue weighted by Crippen LogP contribution is 2.23. The number of nitrogens with one attached hydrogen (secondary N) is 1. The number of benzene rings is 1. The fourth-order valence-electron chi connectivity index (χ4n) is 2.22. The van der Waals surface area contributed by atoms with Crippen LogP contribution in [0.2, 0.25) is 0 Å². The number of rotatable bonds is 2. The summed E-state index contributed by atoms with van der Waals surface area (Å²) < 4.78 is 0. The molecule has 0 fully saturated rings. The average molecular weight is 211 g/mol. The van der Waals surface area contributed by atoms with Gasteiger partial charge >= 0.3 is 0 Å². The predicted molar refractivity (Wildman–Crippen MR) is 63.3 cm³/mol. The second-order valence-electron chi connectivity index (χ2n) is 4.09. The Balaban J connectivity index is 1.73. The molecule has 0 atom stereocenters. The molecule has 16 heavy (non-hydrogen) atoms. The molecule has 0 saturated carbocycles. The van der Waals surface area contributed by atoms with Gasteiger partial charge in [-0.25, -0.2) is 9.97 Å². The van der Waals surface area contributed by atoms with Gasteiger partial charge in [-0.1, -0.05) is 24.3 Å². The molecular weight excluding hydrogens is 198 g/mol. The summed E-state index contributed by atoms with van der Waals surface area (Å²) in [7, 11) is 0. The summed E-state index contributed by atoms with van der Waals surface area (Å²) in [5.41, 5.74) is 2.88. The summed E-state index contributed by atoms with van der Waals surface area (Å²) in [6.07, 6.45) is 5.65. The average Bonchev–Trinajstić information content (AvgIpc) is 2.72. The second kappa shape index (κ2) is 3.93. The Morgan fingerprint density at radius 3 is 2.19 bits per heavy atom. The molecule has 2 aromatic rings. The monoisotopic (exact) mass is 211 g/mol. The van der Waals surface area contributed by atoms with Crippen molar-refractivity contribution >= 4 is 5.95 Å². The molecule has 1 aromatic heterocycles. The Bertz CT molecular complexity index is 457. The molecule has 1 aliphatic rings. The predicted octanol–water partition coefficient (Wildman–Crippen LogP) is 2.06. The molecule has 80 valence electrons. The third-order valence-corrected chi connectivity index (χ3v) is 2.95. The minimum Gasteiger partial charge on any atom is -0.351 e. The molecule has 0 aliphatic heterocycles.